The molecule has 1 aromatic rings. The van der Waals surface area contributed by atoms with Crippen LogP contribution in [0.3, 0.4) is 0 Å². The van der Waals surface area contributed by atoms with Gasteiger partial charge in [0.05, 0.1) is 0 Å². The molecule has 0 bridgehead atoms. The fourth-order valence-corrected chi connectivity index (χ4v) is 1.12. The van der Waals surface area contributed by atoms with E-state index in [2.05, 4.69) is 15.1 Å². The van der Waals surface area contributed by atoms with Crippen molar-refractivity contribution in [3.05, 3.63) is 11.7 Å². The summed E-state index contributed by atoms with van der Waals surface area (Å²) in [6.07, 6.45) is 2.31. The van der Waals surface area contributed by atoms with E-state index in [0.29, 0.717) is 24.2 Å². The molecule has 0 atom stereocenters. The van der Waals surface area contributed by atoms with Crippen LogP contribution in [0.2, 0.25) is 0 Å². The van der Waals surface area contributed by atoms with Crippen LogP contribution in [-0.4, -0.2) is 35.1 Å². The van der Waals surface area contributed by atoms with E-state index in [-0.39, 0.29) is 0 Å². The van der Waals surface area contributed by atoms with Crippen LogP contribution in [0.1, 0.15) is 30.5 Å². The smallest absolute Gasteiger partial charge is 0.229 e. The fourth-order valence-electron chi connectivity index (χ4n) is 1.12. The lowest BCUT2D eigenvalue weighted by atomic mass is 10.4. The molecule has 0 saturated heterocycles. The summed E-state index contributed by atoms with van der Waals surface area (Å²) in [6, 6.07) is 0. The maximum absolute atomic E-state index is 5.63. The van der Waals surface area contributed by atoms with E-state index in [1.54, 1.807) is 4.90 Å². The van der Waals surface area contributed by atoms with E-state index in [0.717, 1.165) is 18.7 Å². The summed E-state index contributed by atoms with van der Waals surface area (Å²) in [7, 11) is 3.68. The Bertz CT molecular complexity index is 366. The first-order valence-electron chi connectivity index (χ1n) is 4.96. The van der Waals surface area contributed by atoms with Gasteiger partial charge in [0, 0.05) is 20.0 Å². The van der Waals surface area contributed by atoms with Crippen LogP contribution >= 0.6 is 0 Å². The summed E-state index contributed by atoms with van der Waals surface area (Å²) >= 11 is 0. The number of hydrogen-bond acceptors (Lipinski definition) is 4. The van der Waals surface area contributed by atoms with Gasteiger partial charge < -0.3 is 15.2 Å². The predicted molar refractivity (Wildman–Crippen MR) is 55.3 cm³/mol. The van der Waals surface area contributed by atoms with Crippen molar-refractivity contribution in [2.45, 2.75) is 25.3 Å². The average Bonchev–Trinajstić information content (AvgIpc) is 2.95. The second kappa shape index (κ2) is 3.88. The third-order valence-electron chi connectivity index (χ3n) is 2.25. The molecule has 0 spiro atoms. The van der Waals surface area contributed by atoms with Crippen LogP contribution in [0.4, 0.5) is 0 Å². The number of hydrogen-bond donors (Lipinski definition) is 1. The first-order valence-corrected chi connectivity index (χ1v) is 4.96. The van der Waals surface area contributed by atoms with Crippen molar-refractivity contribution in [1.29, 1.82) is 0 Å². The summed E-state index contributed by atoms with van der Waals surface area (Å²) in [4.78, 5) is 10.1. The third-order valence-corrected chi connectivity index (χ3v) is 2.25. The largest absolute Gasteiger partial charge is 0.370 e. The van der Waals surface area contributed by atoms with Crippen molar-refractivity contribution in [3.8, 4) is 0 Å². The minimum atomic E-state index is 0.375. The number of rotatable bonds is 3. The Morgan fingerprint density at radius 3 is 2.93 bits per heavy atom. The lowest BCUT2D eigenvalue weighted by molar-refractivity contribution is 0.374. The molecule has 1 heterocycles. The minimum Gasteiger partial charge on any atom is -0.370 e. The van der Waals surface area contributed by atoms with Crippen LogP contribution in [-0.2, 0) is 6.54 Å². The molecule has 1 aromatic heterocycles. The van der Waals surface area contributed by atoms with Crippen LogP contribution in [0, 0.1) is 0 Å². The lowest BCUT2D eigenvalue weighted by Gasteiger charge is -2.09. The molecule has 0 radical (unpaired) electrons. The molecular formula is C9H15N5O. The van der Waals surface area contributed by atoms with E-state index in [1.807, 2.05) is 14.1 Å². The normalized spacial score (nSPS) is 16.8. The Morgan fingerprint density at radius 2 is 2.33 bits per heavy atom. The summed E-state index contributed by atoms with van der Waals surface area (Å²) in [6.45, 7) is 0.375. The van der Waals surface area contributed by atoms with Crippen molar-refractivity contribution >= 4 is 5.96 Å². The Morgan fingerprint density at radius 1 is 1.60 bits per heavy atom. The van der Waals surface area contributed by atoms with Crippen molar-refractivity contribution in [1.82, 2.24) is 15.0 Å². The number of nitrogens with two attached hydrogens (primary N) is 1. The summed E-state index contributed by atoms with van der Waals surface area (Å²) in [5.41, 5.74) is 5.63. The maximum atomic E-state index is 5.63. The first kappa shape index (κ1) is 9.95. The van der Waals surface area contributed by atoms with Crippen molar-refractivity contribution < 1.29 is 4.52 Å². The van der Waals surface area contributed by atoms with Crippen molar-refractivity contribution in [2.75, 3.05) is 14.1 Å². The molecule has 0 amide bonds. The van der Waals surface area contributed by atoms with E-state index >= 15 is 0 Å². The van der Waals surface area contributed by atoms with Crippen LogP contribution < -0.4 is 5.73 Å². The highest BCUT2D eigenvalue weighted by molar-refractivity contribution is 5.77. The molecule has 0 aromatic carbocycles. The van der Waals surface area contributed by atoms with Gasteiger partial charge in [0.25, 0.3) is 0 Å². The van der Waals surface area contributed by atoms with E-state index in [9.17, 15) is 0 Å². The highest BCUT2D eigenvalue weighted by atomic mass is 16.5. The Hall–Kier alpha value is -1.59. The van der Waals surface area contributed by atoms with E-state index < -0.39 is 0 Å². The number of aliphatic imine (C=N–C) groups is 1. The molecular weight excluding hydrogens is 194 g/mol. The summed E-state index contributed by atoms with van der Waals surface area (Å²) in [5.74, 6) is 2.29. The van der Waals surface area contributed by atoms with E-state index in [1.165, 1.54) is 0 Å². The van der Waals surface area contributed by atoms with Gasteiger partial charge >= 0.3 is 0 Å². The number of guanidine groups is 1. The highest BCUT2D eigenvalue weighted by Gasteiger charge is 2.29. The molecule has 1 fully saturated rings. The zero-order valence-corrected chi connectivity index (χ0v) is 8.97. The predicted octanol–water partition coefficient (Wildman–Crippen LogP) is 0.323. The molecule has 6 heteroatoms. The van der Waals surface area contributed by atoms with Gasteiger partial charge in [0.2, 0.25) is 5.89 Å². The molecule has 2 N–H and O–H groups in total. The minimum absolute atomic E-state index is 0.375. The number of aromatic nitrogens is 2. The van der Waals surface area contributed by atoms with Crippen LogP contribution in [0.25, 0.3) is 0 Å². The van der Waals surface area contributed by atoms with Crippen LogP contribution in [0.5, 0.6) is 0 Å². The Balaban J connectivity index is 1.95. The van der Waals surface area contributed by atoms with Gasteiger partial charge in [0.15, 0.2) is 11.8 Å². The molecule has 1 aliphatic carbocycles. The van der Waals surface area contributed by atoms with Gasteiger partial charge in [-0.25, -0.2) is 4.99 Å². The Kier molecular flexibility index (Phi) is 2.57. The first-order chi connectivity index (χ1) is 7.16. The van der Waals surface area contributed by atoms with Gasteiger partial charge in [0.1, 0.15) is 6.54 Å². The fraction of sp³-hybridized carbons (Fsp3) is 0.667. The Labute approximate surface area is 88.2 Å². The van der Waals surface area contributed by atoms with Gasteiger partial charge in [-0.2, -0.15) is 4.98 Å². The topological polar surface area (TPSA) is 80.5 Å². The lowest BCUT2D eigenvalue weighted by Crippen LogP contribution is -2.30. The summed E-state index contributed by atoms with van der Waals surface area (Å²) in [5, 5.41) is 3.84. The number of nitrogens with zero attached hydrogens (tertiary/aromatic N) is 4. The van der Waals surface area contributed by atoms with Gasteiger partial charge in [-0.3, -0.25) is 0 Å². The van der Waals surface area contributed by atoms with Crippen molar-refractivity contribution in [3.63, 3.8) is 0 Å². The second-order valence-electron chi connectivity index (χ2n) is 3.89. The molecule has 1 saturated carbocycles. The maximum Gasteiger partial charge on any atom is 0.229 e. The quantitative estimate of drug-likeness (QED) is 0.573. The van der Waals surface area contributed by atoms with Gasteiger partial charge in [-0.15, -0.1) is 0 Å². The molecule has 15 heavy (non-hydrogen) atoms. The average molecular weight is 209 g/mol. The SMILES string of the molecule is CN(C)C(N)=NCc1noc(C2CC2)n1. The molecule has 82 valence electrons. The summed E-state index contributed by atoms with van der Waals surface area (Å²) < 4.78 is 5.10. The molecule has 6 nitrogen and oxygen atoms in total. The van der Waals surface area contributed by atoms with E-state index in [4.69, 9.17) is 10.3 Å². The van der Waals surface area contributed by atoms with Crippen LogP contribution in [0.15, 0.2) is 9.52 Å². The molecule has 0 aliphatic heterocycles. The van der Waals surface area contributed by atoms with Gasteiger partial charge in [-0.1, -0.05) is 5.16 Å². The second-order valence-corrected chi connectivity index (χ2v) is 3.89. The third kappa shape index (κ3) is 2.45. The highest BCUT2D eigenvalue weighted by Crippen LogP contribution is 2.38. The van der Waals surface area contributed by atoms with Gasteiger partial charge in [-0.05, 0) is 12.8 Å². The zero-order chi connectivity index (χ0) is 10.8. The standard InChI is InChI=1S/C9H15N5O/c1-14(2)9(10)11-5-7-12-8(15-13-7)6-3-4-6/h6H,3-5H2,1-2H3,(H2,10,11). The van der Waals surface area contributed by atoms with Crippen molar-refractivity contribution in [2.24, 2.45) is 10.7 Å². The zero-order valence-electron chi connectivity index (χ0n) is 8.97. The molecule has 1 aliphatic rings. The monoisotopic (exact) mass is 209 g/mol. The molecule has 0 unspecified atom stereocenters. The molecule has 2 rings (SSSR count).